The molecule has 0 fully saturated rings. The zero-order valence-electron chi connectivity index (χ0n) is 13.0. The van der Waals surface area contributed by atoms with Gasteiger partial charge in [0.25, 0.3) is 0 Å². The summed E-state index contributed by atoms with van der Waals surface area (Å²) in [5.41, 5.74) is 0. The van der Waals surface area contributed by atoms with Gasteiger partial charge in [-0.3, -0.25) is 0 Å². The molecule has 3 radical (unpaired) electrons. The van der Waals surface area contributed by atoms with Crippen LogP contribution in [0.3, 0.4) is 0 Å². The van der Waals surface area contributed by atoms with Crippen molar-refractivity contribution in [3.8, 4) is 0 Å². The standard InChI is InChI=1S/4C3H8O.Sb.Ti/c4*1-3(2)4;;/h4*3-4H,1-2H3;;. The predicted molar refractivity (Wildman–Crippen MR) is 75.2 cm³/mol. The summed E-state index contributed by atoms with van der Waals surface area (Å²) in [5.74, 6) is 0. The van der Waals surface area contributed by atoms with Crippen LogP contribution in [0.5, 0.6) is 0 Å². The largest absolute Gasteiger partial charge is 0.394 e. The maximum atomic E-state index is 8.06. The third-order valence-electron chi connectivity index (χ3n) is 0. The third kappa shape index (κ3) is 2470. The third-order valence-corrected chi connectivity index (χ3v) is 0. The maximum absolute atomic E-state index is 8.06. The minimum absolute atomic E-state index is 0. The van der Waals surface area contributed by atoms with Crippen LogP contribution in [0, 0.1) is 0 Å². The summed E-state index contributed by atoms with van der Waals surface area (Å²) >= 11 is 0. The Balaban J connectivity index is -0.0000000257. The van der Waals surface area contributed by atoms with Crippen LogP contribution in [0.25, 0.3) is 0 Å². The van der Waals surface area contributed by atoms with Crippen LogP contribution < -0.4 is 0 Å². The fourth-order valence-electron chi connectivity index (χ4n) is 0. The van der Waals surface area contributed by atoms with Crippen molar-refractivity contribution in [3.63, 3.8) is 0 Å². The van der Waals surface area contributed by atoms with E-state index >= 15 is 0 Å². The second-order valence-electron chi connectivity index (χ2n) is 4.37. The van der Waals surface area contributed by atoms with Gasteiger partial charge in [0.1, 0.15) is 0 Å². The molecule has 4 N–H and O–H groups in total. The molecular formula is C12H32O4SbTi. The van der Waals surface area contributed by atoms with Crippen molar-refractivity contribution >= 4 is 24.4 Å². The molecule has 0 aliphatic carbocycles. The van der Waals surface area contributed by atoms with Crippen LogP contribution in [0.2, 0.25) is 0 Å². The number of rotatable bonds is 0. The average Bonchev–Trinajstić information content (AvgIpc) is 1.76. The molecular weight excluding hydrogens is 378 g/mol. The van der Waals surface area contributed by atoms with Gasteiger partial charge in [-0.2, -0.15) is 0 Å². The first kappa shape index (κ1) is 36.6. The summed E-state index contributed by atoms with van der Waals surface area (Å²) in [4.78, 5) is 0. The van der Waals surface area contributed by atoms with Crippen molar-refractivity contribution < 1.29 is 42.1 Å². The normalized spacial score (nSPS) is 8.00. The van der Waals surface area contributed by atoms with Crippen molar-refractivity contribution in [2.75, 3.05) is 0 Å². The molecule has 6 heteroatoms. The quantitative estimate of drug-likeness (QED) is 0.453. The molecule has 0 rings (SSSR count). The van der Waals surface area contributed by atoms with Gasteiger partial charge in [-0.05, 0) is 55.4 Å². The van der Waals surface area contributed by atoms with Crippen molar-refractivity contribution in [2.45, 2.75) is 79.8 Å². The second kappa shape index (κ2) is 31.0. The van der Waals surface area contributed by atoms with Gasteiger partial charge < -0.3 is 20.4 Å². The molecule has 0 unspecified atom stereocenters. The number of hydrogen-bond donors (Lipinski definition) is 4. The van der Waals surface area contributed by atoms with Gasteiger partial charge in [-0.1, -0.05) is 0 Å². The van der Waals surface area contributed by atoms with Gasteiger partial charge in [0.15, 0.2) is 0 Å². The van der Waals surface area contributed by atoms with Crippen molar-refractivity contribution in [3.05, 3.63) is 0 Å². The molecule has 0 aromatic rings. The van der Waals surface area contributed by atoms with E-state index in [1.807, 2.05) is 0 Å². The van der Waals surface area contributed by atoms with Crippen LogP contribution in [-0.2, 0) is 21.7 Å². The van der Waals surface area contributed by atoms with Gasteiger partial charge in [-0.15, -0.1) is 0 Å². The zero-order valence-corrected chi connectivity index (χ0v) is 17.2. The van der Waals surface area contributed by atoms with E-state index in [2.05, 4.69) is 0 Å². The molecule has 0 aliphatic heterocycles. The Morgan fingerprint density at radius 3 is 0.444 bits per heavy atom. The summed E-state index contributed by atoms with van der Waals surface area (Å²) < 4.78 is 0. The molecule has 0 aromatic carbocycles. The predicted octanol–water partition coefficient (Wildman–Crippen LogP) is 1.17. The summed E-state index contributed by atoms with van der Waals surface area (Å²) in [6.45, 7) is 13.8. The van der Waals surface area contributed by atoms with Gasteiger partial charge >= 0.3 is 0 Å². The average molecular weight is 410 g/mol. The van der Waals surface area contributed by atoms with Gasteiger partial charge in [-0.25, -0.2) is 0 Å². The maximum Gasteiger partial charge on any atom is 0.0483 e. The fraction of sp³-hybridized carbons (Fsp3) is 1.00. The van der Waals surface area contributed by atoms with Crippen LogP contribution in [0.1, 0.15) is 55.4 Å². The number of hydrogen-bond acceptors (Lipinski definition) is 4. The van der Waals surface area contributed by atoms with Gasteiger partial charge in [0, 0.05) is 70.6 Å². The molecule has 0 atom stereocenters. The Hall–Kier alpha value is 1.37. The van der Waals surface area contributed by atoms with Crippen LogP contribution >= 0.6 is 0 Å². The van der Waals surface area contributed by atoms with Crippen LogP contribution in [0.4, 0.5) is 0 Å². The Morgan fingerprint density at radius 1 is 0.444 bits per heavy atom. The fourth-order valence-corrected chi connectivity index (χ4v) is 0. The van der Waals surface area contributed by atoms with Crippen LogP contribution in [-0.4, -0.2) is 69.3 Å². The van der Waals surface area contributed by atoms with Gasteiger partial charge in [0.05, 0.1) is 0 Å². The molecule has 0 aromatic heterocycles. The van der Waals surface area contributed by atoms with E-state index in [4.69, 9.17) is 20.4 Å². The first-order valence-corrected chi connectivity index (χ1v) is 5.65. The van der Waals surface area contributed by atoms with Crippen molar-refractivity contribution in [2.24, 2.45) is 0 Å². The molecule has 0 bridgehead atoms. The monoisotopic (exact) mass is 409 g/mol. The Labute approximate surface area is 146 Å². The smallest absolute Gasteiger partial charge is 0.0483 e. The molecule has 0 heterocycles. The summed E-state index contributed by atoms with van der Waals surface area (Å²) in [6, 6.07) is 0. The minimum atomic E-state index is -0.167. The molecule has 0 amide bonds. The SMILES string of the molecule is CC(C)O.CC(C)O.CC(C)O.CC(C)O.[Sb].[Ti]. The van der Waals surface area contributed by atoms with Crippen LogP contribution in [0.15, 0.2) is 0 Å². The molecule has 0 saturated carbocycles. The second-order valence-corrected chi connectivity index (χ2v) is 4.37. The summed E-state index contributed by atoms with van der Waals surface area (Å²) in [7, 11) is 0. The molecule has 0 spiro atoms. The van der Waals surface area contributed by atoms with Crippen molar-refractivity contribution in [1.29, 1.82) is 0 Å². The van der Waals surface area contributed by atoms with Gasteiger partial charge in [0.2, 0.25) is 0 Å². The first-order chi connectivity index (χ1) is 6.93. The summed E-state index contributed by atoms with van der Waals surface area (Å²) in [6.07, 6.45) is -0.667. The first-order valence-electron chi connectivity index (χ1n) is 5.65. The minimum Gasteiger partial charge on any atom is -0.394 e. The molecule has 113 valence electrons. The molecule has 0 saturated heterocycles. The topological polar surface area (TPSA) is 80.9 Å². The Bertz CT molecular complexity index is 67.1. The van der Waals surface area contributed by atoms with Crippen molar-refractivity contribution in [1.82, 2.24) is 0 Å². The number of aliphatic hydroxyl groups excluding tert-OH is 4. The Morgan fingerprint density at radius 2 is 0.444 bits per heavy atom. The van der Waals surface area contributed by atoms with E-state index in [-0.39, 0.29) is 70.6 Å². The van der Waals surface area contributed by atoms with E-state index in [0.717, 1.165) is 0 Å². The van der Waals surface area contributed by atoms with E-state index in [0.29, 0.717) is 0 Å². The van der Waals surface area contributed by atoms with E-state index in [9.17, 15) is 0 Å². The molecule has 0 aliphatic rings. The Kier molecular flexibility index (Phi) is 63.0. The number of aliphatic hydroxyl groups is 4. The van der Waals surface area contributed by atoms with E-state index < -0.39 is 0 Å². The van der Waals surface area contributed by atoms with E-state index in [1.165, 1.54) is 0 Å². The summed E-state index contributed by atoms with van der Waals surface area (Å²) in [5, 5.41) is 32.2. The molecule has 4 nitrogen and oxygen atoms in total. The van der Waals surface area contributed by atoms with E-state index in [1.54, 1.807) is 55.4 Å². The zero-order chi connectivity index (χ0) is 14.3. The molecule has 18 heavy (non-hydrogen) atoms.